The van der Waals surface area contributed by atoms with Crippen molar-refractivity contribution in [3.8, 4) is 0 Å². The Hall–Kier alpha value is -1.47. The zero-order valence-corrected chi connectivity index (χ0v) is 10.3. The second-order valence-corrected chi connectivity index (χ2v) is 3.64. The van der Waals surface area contributed by atoms with Crippen LogP contribution in [0.4, 0.5) is 11.5 Å². The van der Waals surface area contributed by atoms with Crippen LogP contribution >= 0.6 is 11.6 Å². The van der Waals surface area contributed by atoms with E-state index in [4.69, 9.17) is 16.3 Å². The van der Waals surface area contributed by atoms with E-state index in [-0.39, 0.29) is 22.5 Å². The van der Waals surface area contributed by atoms with Gasteiger partial charge >= 0.3 is 5.69 Å². The fourth-order valence-corrected chi connectivity index (χ4v) is 1.51. The maximum Gasteiger partial charge on any atom is 0.332 e. The van der Waals surface area contributed by atoms with Crippen LogP contribution in [-0.2, 0) is 4.74 Å². The van der Waals surface area contributed by atoms with Gasteiger partial charge in [-0.05, 0) is 24.9 Å². The van der Waals surface area contributed by atoms with Gasteiger partial charge in [-0.25, -0.2) is 4.98 Å². The van der Waals surface area contributed by atoms with Gasteiger partial charge in [-0.15, -0.1) is 0 Å². The van der Waals surface area contributed by atoms with Crippen molar-refractivity contribution < 1.29 is 9.66 Å². The maximum atomic E-state index is 10.9. The molecule has 0 spiro atoms. The van der Waals surface area contributed by atoms with Crippen molar-refractivity contribution in [1.82, 2.24) is 9.97 Å². The quantitative estimate of drug-likeness (QED) is 0.363. The van der Waals surface area contributed by atoms with Crippen LogP contribution < -0.4 is 5.32 Å². The summed E-state index contributed by atoms with van der Waals surface area (Å²) in [6.07, 6.45) is 0.717. The Bertz CT molecular complexity index is 413. The van der Waals surface area contributed by atoms with Crippen molar-refractivity contribution in [2.45, 2.75) is 13.3 Å². The number of aryl methyl sites for hydroxylation is 1. The number of aromatic nitrogens is 2. The lowest BCUT2D eigenvalue weighted by Crippen LogP contribution is -2.10. The number of methoxy groups -OCH3 is 1. The van der Waals surface area contributed by atoms with E-state index >= 15 is 0 Å². The molecule has 0 atom stereocenters. The van der Waals surface area contributed by atoms with Crippen molar-refractivity contribution >= 4 is 23.1 Å². The standard InChI is InChI=1S/C9H13ClN4O3/c1-6-7(14(15)16)8(13-9(10)12-6)11-4-3-5-17-2/h3-5H2,1-2H3,(H,11,12,13). The largest absolute Gasteiger partial charge is 0.385 e. The molecule has 7 nitrogen and oxygen atoms in total. The highest BCUT2D eigenvalue weighted by atomic mass is 35.5. The van der Waals surface area contributed by atoms with E-state index in [9.17, 15) is 10.1 Å². The highest BCUT2D eigenvalue weighted by Gasteiger charge is 2.21. The molecule has 1 aromatic heterocycles. The Morgan fingerprint density at radius 1 is 1.53 bits per heavy atom. The first-order valence-electron chi connectivity index (χ1n) is 4.97. The molecule has 0 aliphatic rings. The van der Waals surface area contributed by atoms with Crippen LogP contribution in [0.25, 0.3) is 0 Å². The SMILES string of the molecule is COCCCNc1nc(Cl)nc(C)c1[N+](=O)[O-]. The molecule has 0 aliphatic carbocycles. The molecule has 0 amide bonds. The van der Waals surface area contributed by atoms with Crippen molar-refractivity contribution in [3.63, 3.8) is 0 Å². The molecular formula is C9H13ClN4O3. The van der Waals surface area contributed by atoms with Crippen molar-refractivity contribution in [1.29, 1.82) is 0 Å². The number of ether oxygens (including phenoxy) is 1. The third kappa shape index (κ3) is 3.79. The highest BCUT2D eigenvalue weighted by molar-refractivity contribution is 6.28. The number of nitrogens with zero attached hydrogens (tertiary/aromatic N) is 3. The normalized spacial score (nSPS) is 10.3. The molecule has 1 N–H and O–H groups in total. The lowest BCUT2D eigenvalue weighted by molar-refractivity contribution is -0.385. The van der Waals surface area contributed by atoms with Gasteiger partial charge in [-0.1, -0.05) is 0 Å². The first-order valence-corrected chi connectivity index (χ1v) is 5.35. The van der Waals surface area contributed by atoms with Gasteiger partial charge in [-0.2, -0.15) is 4.98 Å². The minimum atomic E-state index is -0.523. The number of hydrogen-bond donors (Lipinski definition) is 1. The molecule has 0 aromatic carbocycles. The summed E-state index contributed by atoms with van der Waals surface area (Å²) in [5.41, 5.74) is 0.0936. The zero-order valence-electron chi connectivity index (χ0n) is 9.57. The van der Waals surface area contributed by atoms with E-state index in [2.05, 4.69) is 15.3 Å². The average Bonchev–Trinajstić information content (AvgIpc) is 2.22. The molecule has 0 bridgehead atoms. The lowest BCUT2D eigenvalue weighted by atomic mass is 10.3. The minimum Gasteiger partial charge on any atom is -0.385 e. The number of hydrogen-bond acceptors (Lipinski definition) is 6. The molecule has 0 radical (unpaired) electrons. The lowest BCUT2D eigenvalue weighted by Gasteiger charge is -2.07. The van der Waals surface area contributed by atoms with Crippen molar-refractivity contribution in [3.05, 3.63) is 21.1 Å². The third-order valence-corrected chi connectivity index (χ3v) is 2.20. The summed E-state index contributed by atoms with van der Waals surface area (Å²) in [5.74, 6) is 0.142. The Balaban J connectivity index is 2.85. The van der Waals surface area contributed by atoms with Crippen LogP contribution in [0.15, 0.2) is 0 Å². The molecular weight excluding hydrogens is 248 g/mol. The van der Waals surface area contributed by atoms with Crippen molar-refractivity contribution in [2.75, 3.05) is 25.6 Å². The molecule has 1 heterocycles. The van der Waals surface area contributed by atoms with E-state index < -0.39 is 4.92 Å². The summed E-state index contributed by atoms with van der Waals surface area (Å²) in [6.45, 7) is 2.60. The fourth-order valence-electron chi connectivity index (χ4n) is 1.30. The van der Waals surface area contributed by atoms with Gasteiger partial charge in [0, 0.05) is 20.3 Å². The Kier molecular flexibility index (Phi) is 5.05. The predicted molar refractivity (Wildman–Crippen MR) is 63.4 cm³/mol. The van der Waals surface area contributed by atoms with E-state index in [1.165, 1.54) is 6.92 Å². The Morgan fingerprint density at radius 3 is 2.82 bits per heavy atom. The molecule has 17 heavy (non-hydrogen) atoms. The third-order valence-electron chi connectivity index (χ3n) is 2.03. The summed E-state index contributed by atoms with van der Waals surface area (Å²) in [7, 11) is 1.59. The number of nitro groups is 1. The summed E-state index contributed by atoms with van der Waals surface area (Å²) >= 11 is 5.66. The second-order valence-electron chi connectivity index (χ2n) is 3.31. The maximum absolute atomic E-state index is 10.9. The topological polar surface area (TPSA) is 90.2 Å². The van der Waals surface area contributed by atoms with Gasteiger partial charge in [0.25, 0.3) is 0 Å². The van der Waals surface area contributed by atoms with Gasteiger partial charge in [0.15, 0.2) is 0 Å². The first kappa shape index (κ1) is 13.6. The predicted octanol–water partition coefficient (Wildman–Crippen LogP) is 1.80. The first-order chi connectivity index (χ1) is 8.06. The molecule has 0 unspecified atom stereocenters. The summed E-state index contributed by atoms with van der Waals surface area (Å²) in [6, 6.07) is 0. The Morgan fingerprint density at radius 2 is 2.24 bits per heavy atom. The summed E-state index contributed by atoms with van der Waals surface area (Å²) < 4.78 is 4.87. The van der Waals surface area contributed by atoms with E-state index in [1.54, 1.807) is 7.11 Å². The monoisotopic (exact) mass is 260 g/mol. The van der Waals surface area contributed by atoms with Crippen LogP contribution in [0, 0.1) is 17.0 Å². The molecule has 1 rings (SSSR count). The second kappa shape index (κ2) is 6.31. The van der Waals surface area contributed by atoms with Gasteiger partial charge < -0.3 is 10.1 Å². The minimum absolute atomic E-state index is 0.0117. The summed E-state index contributed by atoms with van der Waals surface area (Å²) in [4.78, 5) is 17.9. The van der Waals surface area contributed by atoms with Crippen LogP contribution in [0.3, 0.4) is 0 Å². The smallest absolute Gasteiger partial charge is 0.332 e. The number of nitrogens with one attached hydrogen (secondary N) is 1. The van der Waals surface area contributed by atoms with Crippen LogP contribution in [0.5, 0.6) is 0 Å². The molecule has 0 aliphatic heterocycles. The van der Waals surface area contributed by atoms with Crippen LogP contribution in [-0.4, -0.2) is 35.2 Å². The van der Waals surface area contributed by atoms with Gasteiger partial charge in [-0.3, -0.25) is 10.1 Å². The Labute approximate surface area is 103 Å². The number of anilines is 1. The van der Waals surface area contributed by atoms with Crippen molar-refractivity contribution in [2.24, 2.45) is 0 Å². The molecule has 8 heteroatoms. The van der Waals surface area contributed by atoms with Gasteiger partial charge in [0.2, 0.25) is 11.1 Å². The van der Waals surface area contributed by atoms with E-state index in [0.29, 0.717) is 19.6 Å². The average molecular weight is 261 g/mol. The van der Waals surface area contributed by atoms with E-state index in [0.717, 1.165) is 0 Å². The van der Waals surface area contributed by atoms with E-state index in [1.807, 2.05) is 0 Å². The molecule has 0 fully saturated rings. The van der Waals surface area contributed by atoms with Crippen LogP contribution in [0.2, 0.25) is 5.28 Å². The molecule has 1 aromatic rings. The molecule has 94 valence electrons. The van der Waals surface area contributed by atoms with Crippen LogP contribution in [0.1, 0.15) is 12.1 Å². The summed E-state index contributed by atoms with van der Waals surface area (Å²) in [5, 5.41) is 13.7. The highest BCUT2D eigenvalue weighted by Crippen LogP contribution is 2.26. The fraction of sp³-hybridized carbons (Fsp3) is 0.556. The van der Waals surface area contributed by atoms with Gasteiger partial charge in [0.1, 0.15) is 5.69 Å². The zero-order chi connectivity index (χ0) is 12.8. The number of rotatable bonds is 6. The number of halogens is 1. The molecule has 0 saturated carbocycles. The van der Waals surface area contributed by atoms with Gasteiger partial charge in [0.05, 0.1) is 4.92 Å². The molecule has 0 saturated heterocycles.